The molecule has 0 spiro atoms. The van der Waals surface area contributed by atoms with Gasteiger partial charge in [-0.05, 0) is 53.2 Å². The van der Waals surface area contributed by atoms with Crippen molar-refractivity contribution in [3.05, 3.63) is 58.3 Å². The third-order valence-corrected chi connectivity index (χ3v) is 2.77. The predicted molar refractivity (Wildman–Crippen MR) is 78.3 cm³/mol. The van der Waals surface area contributed by atoms with Gasteiger partial charge < -0.3 is 19.6 Å². The second kappa shape index (κ2) is 7.16. The molecule has 0 bridgehead atoms. The van der Waals surface area contributed by atoms with Gasteiger partial charge in [-0.3, -0.25) is 4.79 Å². The lowest BCUT2D eigenvalue weighted by molar-refractivity contribution is -0.390. The largest absolute Gasteiger partial charge is 0.494 e. The first kappa shape index (κ1) is 15.4. The van der Waals surface area contributed by atoms with E-state index < -0.39 is 10.7 Å². The van der Waals surface area contributed by atoms with Gasteiger partial charge in [-0.15, -0.1) is 0 Å². The molecule has 0 amide bonds. The van der Waals surface area contributed by atoms with Crippen LogP contribution in [0.5, 0.6) is 11.5 Å². The van der Waals surface area contributed by atoms with Crippen LogP contribution in [0.4, 0.5) is 5.82 Å². The molecule has 0 saturated heterocycles. The highest BCUT2D eigenvalue weighted by Gasteiger charge is 2.17. The third kappa shape index (κ3) is 3.78. The molecule has 0 radical (unpaired) electrons. The Morgan fingerprint density at radius 1 is 1.23 bits per heavy atom. The van der Waals surface area contributed by atoms with Crippen LogP contribution in [0.15, 0.2) is 42.6 Å². The number of hydrogen-bond donors (Lipinski definition) is 0. The maximum Gasteiger partial charge on any atom is 0.406 e. The summed E-state index contributed by atoms with van der Waals surface area (Å²) in [6, 6.07) is 9.51. The van der Waals surface area contributed by atoms with Crippen LogP contribution in [0.3, 0.4) is 0 Å². The van der Waals surface area contributed by atoms with Crippen LogP contribution in [-0.4, -0.2) is 28.9 Å². The van der Waals surface area contributed by atoms with Crippen molar-refractivity contribution in [3.8, 4) is 11.5 Å². The van der Waals surface area contributed by atoms with Gasteiger partial charge in [0.2, 0.25) is 5.75 Å². The number of carbonyl (C=O) groups excluding carboxylic acids is 1. The molecule has 22 heavy (non-hydrogen) atoms. The van der Waals surface area contributed by atoms with Crippen molar-refractivity contribution in [3.63, 3.8) is 0 Å². The number of ketones is 1. The molecule has 1 aromatic heterocycles. The number of hydrogen-bond acceptors (Lipinski definition) is 6. The highest BCUT2D eigenvalue weighted by Crippen LogP contribution is 2.23. The maximum atomic E-state index is 12.0. The molecule has 1 heterocycles. The van der Waals surface area contributed by atoms with Gasteiger partial charge in [-0.2, -0.15) is 0 Å². The Morgan fingerprint density at radius 2 is 1.95 bits per heavy atom. The van der Waals surface area contributed by atoms with Crippen molar-refractivity contribution in [2.45, 2.75) is 6.92 Å². The Kier molecular flexibility index (Phi) is 5.02. The molecular weight excluding hydrogens is 288 g/mol. The summed E-state index contributed by atoms with van der Waals surface area (Å²) in [6.07, 6.45) is 1.29. The summed E-state index contributed by atoms with van der Waals surface area (Å²) in [5, 5.41) is 10.8. The summed E-state index contributed by atoms with van der Waals surface area (Å²) in [5.74, 6) is -0.0714. The van der Waals surface area contributed by atoms with E-state index in [1.165, 1.54) is 18.3 Å². The van der Waals surface area contributed by atoms with Crippen LogP contribution >= 0.6 is 0 Å². The fourth-order valence-electron chi connectivity index (χ4n) is 1.76. The number of benzene rings is 1. The lowest BCUT2D eigenvalue weighted by atomic mass is 10.1. The molecule has 0 aliphatic rings. The lowest BCUT2D eigenvalue weighted by Gasteiger charge is -2.06. The predicted octanol–water partition coefficient (Wildman–Crippen LogP) is 2.65. The highest BCUT2D eigenvalue weighted by atomic mass is 16.6. The van der Waals surface area contributed by atoms with E-state index in [4.69, 9.17) is 9.47 Å². The standard InChI is InChI=1S/C15H14N2O5/c1-2-21-12-7-5-11(6-8-12)13(18)10-22-14-4-3-9-16-15(14)17(19)20/h3-9H,2,10H2,1H3. The Hall–Kier alpha value is -2.96. The van der Waals surface area contributed by atoms with Crippen LogP contribution in [0.25, 0.3) is 0 Å². The first-order valence-corrected chi connectivity index (χ1v) is 6.60. The van der Waals surface area contributed by atoms with Gasteiger partial charge in [0.05, 0.1) is 6.61 Å². The minimum absolute atomic E-state index is 0.0354. The van der Waals surface area contributed by atoms with Crippen molar-refractivity contribution in [1.82, 2.24) is 4.98 Å². The SMILES string of the molecule is CCOc1ccc(C(=O)COc2cccnc2[N+](=O)[O-])cc1. The van der Waals surface area contributed by atoms with Crippen LogP contribution < -0.4 is 9.47 Å². The normalized spacial score (nSPS) is 10.0. The summed E-state index contributed by atoms with van der Waals surface area (Å²) < 4.78 is 10.5. The van der Waals surface area contributed by atoms with E-state index in [1.807, 2.05) is 6.92 Å². The van der Waals surface area contributed by atoms with Crippen LogP contribution in [0.1, 0.15) is 17.3 Å². The summed E-state index contributed by atoms with van der Waals surface area (Å²) in [5.41, 5.74) is 0.440. The van der Waals surface area contributed by atoms with Crippen molar-refractivity contribution >= 4 is 11.6 Å². The molecule has 7 heteroatoms. The van der Waals surface area contributed by atoms with Gasteiger partial charge in [-0.1, -0.05) is 0 Å². The number of carbonyl (C=O) groups is 1. The maximum absolute atomic E-state index is 12.0. The molecule has 7 nitrogen and oxygen atoms in total. The zero-order valence-electron chi connectivity index (χ0n) is 11.9. The Morgan fingerprint density at radius 3 is 2.59 bits per heavy atom. The topological polar surface area (TPSA) is 91.6 Å². The molecular formula is C15H14N2O5. The summed E-state index contributed by atoms with van der Waals surface area (Å²) in [7, 11) is 0. The van der Waals surface area contributed by atoms with Gasteiger partial charge >= 0.3 is 5.82 Å². The molecule has 0 saturated carbocycles. The molecule has 2 aromatic rings. The number of rotatable bonds is 7. The molecule has 1 aromatic carbocycles. The van der Waals surface area contributed by atoms with Crippen molar-refractivity contribution in [1.29, 1.82) is 0 Å². The number of pyridine rings is 1. The van der Waals surface area contributed by atoms with Crippen LogP contribution in [0.2, 0.25) is 0 Å². The second-order valence-electron chi connectivity index (χ2n) is 4.25. The van der Waals surface area contributed by atoms with Gasteiger partial charge in [0, 0.05) is 5.56 Å². The molecule has 0 aliphatic heterocycles. The molecule has 2 rings (SSSR count). The Labute approximate surface area is 126 Å². The monoisotopic (exact) mass is 302 g/mol. The third-order valence-electron chi connectivity index (χ3n) is 2.77. The summed E-state index contributed by atoms with van der Waals surface area (Å²) in [4.78, 5) is 25.8. The number of aromatic nitrogens is 1. The molecule has 0 fully saturated rings. The smallest absolute Gasteiger partial charge is 0.406 e. The van der Waals surface area contributed by atoms with Crippen molar-refractivity contribution in [2.75, 3.05) is 13.2 Å². The van der Waals surface area contributed by atoms with Crippen molar-refractivity contribution < 1.29 is 19.2 Å². The van der Waals surface area contributed by atoms with Gasteiger partial charge in [0.1, 0.15) is 11.9 Å². The zero-order valence-corrected chi connectivity index (χ0v) is 11.9. The highest BCUT2D eigenvalue weighted by molar-refractivity contribution is 5.97. The first-order chi connectivity index (χ1) is 10.6. The van der Waals surface area contributed by atoms with E-state index >= 15 is 0 Å². The van der Waals surface area contributed by atoms with E-state index in [9.17, 15) is 14.9 Å². The quantitative estimate of drug-likeness (QED) is 0.443. The Balaban J connectivity index is 2.02. The first-order valence-electron chi connectivity index (χ1n) is 6.60. The molecule has 114 valence electrons. The average molecular weight is 302 g/mol. The number of ether oxygens (including phenoxy) is 2. The Bertz CT molecular complexity index is 670. The second-order valence-corrected chi connectivity index (χ2v) is 4.25. The zero-order chi connectivity index (χ0) is 15.9. The summed E-state index contributed by atoms with van der Waals surface area (Å²) >= 11 is 0. The van der Waals surface area contributed by atoms with E-state index in [2.05, 4.69) is 4.98 Å². The van der Waals surface area contributed by atoms with Gasteiger partial charge in [0.15, 0.2) is 12.4 Å². The average Bonchev–Trinajstić information content (AvgIpc) is 2.54. The minimum Gasteiger partial charge on any atom is -0.494 e. The van der Waals surface area contributed by atoms with E-state index in [0.29, 0.717) is 17.9 Å². The van der Waals surface area contributed by atoms with E-state index in [1.54, 1.807) is 24.3 Å². The van der Waals surface area contributed by atoms with E-state index in [0.717, 1.165) is 0 Å². The van der Waals surface area contributed by atoms with Crippen LogP contribution in [-0.2, 0) is 0 Å². The molecule has 0 atom stereocenters. The molecule has 0 aliphatic carbocycles. The van der Waals surface area contributed by atoms with Crippen molar-refractivity contribution in [2.24, 2.45) is 0 Å². The number of nitrogens with zero attached hydrogens (tertiary/aromatic N) is 2. The minimum atomic E-state index is -0.656. The fourth-order valence-corrected chi connectivity index (χ4v) is 1.76. The molecule has 0 N–H and O–H groups in total. The van der Waals surface area contributed by atoms with E-state index in [-0.39, 0.29) is 18.1 Å². The number of Topliss-reactive ketones (excluding diaryl/α,β-unsaturated/α-hetero) is 1. The fraction of sp³-hybridized carbons (Fsp3) is 0.200. The van der Waals surface area contributed by atoms with Gasteiger partial charge in [-0.25, -0.2) is 0 Å². The lowest BCUT2D eigenvalue weighted by Crippen LogP contribution is -2.12. The summed E-state index contributed by atoms with van der Waals surface area (Å²) in [6.45, 7) is 2.11. The molecule has 0 unspecified atom stereocenters. The van der Waals surface area contributed by atoms with Crippen LogP contribution in [0, 0.1) is 10.1 Å². The van der Waals surface area contributed by atoms with Gasteiger partial charge in [0.25, 0.3) is 0 Å². The number of nitro groups is 1.